The van der Waals surface area contributed by atoms with Gasteiger partial charge in [0.1, 0.15) is 11.5 Å². The van der Waals surface area contributed by atoms with Crippen LogP contribution in [0.4, 0.5) is 0 Å². The SMILES string of the molecule is COCCOCc1cc(COC2CCCCO2)cc(OC)c1.COc1cc(CBr)cc(COC2CCCCO2)c1. The lowest BCUT2D eigenvalue weighted by Gasteiger charge is -2.23. The summed E-state index contributed by atoms with van der Waals surface area (Å²) < 4.78 is 43.9. The van der Waals surface area contributed by atoms with E-state index >= 15 is 0 Å². The van der Waals surface area contributed by atoms with E-state index in [1.54, 1.807) is 21.3 Å². The van der Waals surface area contributed by atoms with Crippen LogP contribution in [0.5, 0.6) is 11.5 Å². The van der Waals surface area contributed by atoms with Crippen LogP contribution < -0.4 is 9.47 Å². The summed E-state index contributed by atoms with van der Waals surface area (Å²) in [6.07, 6.45) is 6.47. The van der Waals surface area contributed by atoms with Crippen molar-refractivity contribution in [3.05, 3.63) is 58.7 Å². The van der Waals surface area contributed by atoms with Gasteiger partial charge in [-0.15, -0.1) is 0 Å². The molecule has 2 saturated heterocycles. The molecule has 224 valence electrons. The molecule has 2 heterocycles. The molecule has 0 spiro atoms. The van der Waals surface area contributed by atoms with Gasteiger partial charge in [-0.05, 0) is 85.0 Å². The fraction of sp³-hybridized carbons (Fsp3) is 0.613. The van der Waals surface area contributed by atoms with Gasteiger partial charge in [-0.25, -0.2) is 0 Å². The summed E-state index contributed by atoms with van der Waals surface area (Å²) in [5, 5.41) is 0.817. The predicted molar refractivity (Wildman–Crippen MR) is 157 cm³/mol. The Kier molecular flexibility index (Phi) is 15.9. The molecular weight excluding hydrogens is 580 g/mol. The topological polar surface area (TPSA) is 73.8 Å². The number of alkyl halides is 1. The van der Waals surface area contributed by atoms with Crippen LogP contribution in [0.15, 0.2) is 36.4 Å². The highest BCUT2D eigenvalue weighted by Crippen LogP contribution is 2.23. The Bertz CT molecular complexity index is 938. The van der Waals surface area contributed by atoms with Gasteiger partial charge >= 0.3 is 0 Å². The van der Waals surface area contributed by atoms with Gasteiger partial charge in [-0.2, -0.15) is 0 Å². The lowest BCUT2D eigenvalue weighted by Crippen LogP contribution is -2.22. The second-order valence-corrected chi connectivity index (χ2v) is 10.3. The zero-order chi connectivity index (χ0) is 28.4. The largest absolute Gasteiger partial charge is 0.497 e. The van der Waals surface area contributed by atoms with E-state index in [2.05, 4.69) is 28.1 Å². The second-order valence-electron chi connectivity index (χ2n) is 9.77. The smallest absolute Gasteiger partial charge is 0.158 e. The summed E-state index contributed by atoms with van der Waals surface area (Å²) in [5.74, 6) is 1.69. The third-order valence-electron chi connectivity index (χ3n) is 6.53. The average molecular weight is 626 g/mol. The summed E-state index contributed by atoms with van der Waals surface area (Å²) >= 11 is 3.46. The molecule has 2 aliphatic heterocycles. The summed E-state index contributed by atoms with van der Waals surface area (Å²) in [5.41, 5.74) is 4.45. The van der Waals surface area contributed by atoms with Gasteiger partial charge in [0.25, 0.3) is 0 Å². The molecule has 0 saturated carbocycles. The fourth-order valence-corrected chi connectivity index (χ4v) is 4.74. The van der Waals surface area contributed by atoms with Gasteiger partial charge in [-0.1, -0.05) is 28.1 Å². The average Bonchev–Trinajstić information content (AvgIpc) is 3.02. The molecular formula is C31H45BrO8. The van der Waals surface area contributed by atoms with Crippen LogP contribution in [-0.2, 0) is 53.6 Å². The highest BCUT2D eigenvalue weighted by atomic mass is 79.9. The molecule has 2 fully saturated rings. The molecule has 40 heavy (non-hydrogen) atoms. The van der Waals surface area contributed by atoms with Gasteiger partial charge in [-0.3, -0.25) is 0 Å². The molecule has 0 bridgehead atoms. The fourth-order valence-electron chi connectivity index (χ4n) is 4.42. The zero-order valence-corrected chi connectivity index (χ0v) is 25.7. The number of ether oxygens (including phenoxy) is 8. The maximum atomic E-state index is 5.83. The number of benzene rings is 2. The number of halogens is 1. The van der Waals surface area contributed by atoms with Gasteiger partial charge in [0.05, 0.1) is 47.3 Å². The first kappa shape index (κ1) is 32.8. The van der Waals surface area contributed by atoms with E-state index in [4.69, 9.17) is 37.9 Å². The van der Waals surface area contributed by atoms with Crippen LogP contribution in [0.25, 0.3) is 0 Å². The minimum atomic E-state index is -0.0821. The molecule has 0 N–H and O–H groups in total. The van der Waals surface area contributed by atoms with E-state index in [1.807, 2.05) is 24.3 Å². The van der Waals surface area contributed by atoms with Crippen LogP contribution >= 0.6 is 15.9 Å². The first-order valence-corrected chi connectivity index (χ1v) is 15.2. The molecule has 8 nitrogen and oxygen atoms in total. The van der Waals surface area contributed by atoms with E-state index in [9.17, 15) is 0 Å². The van der Waals surface area contributed by atoms with Crippen LogP contribution in [-0.4, -0.2) is 60.3 Å². The molecule has 2 unspecified atom stereocenters. The monoisotopic (exact) mass is 624 g/mol. The van der Waals surface area contributed by atoms with Crippen LogP contribution in [0.3, 0.4) is 0 Å². The van der Waals surface area contributed by atoms with Gasteiger partial charge in [0, 0.05) is 25.7 Å². The molecule has 0 aliphatic carbocycles. The van der Waals surface area contributed by atoms with Crippen molar-refractivity contribution in [2.24, 2.45) is 0 Å². The van der Waals surface area contributed by atoms with Crippen molar-refractivity contribution in [1.29, 1.82) is 0 Å². The van der Waals surface area contributed by atoms with Crippen molar-refractivity contribution in [3.63, 3.8) is 0 Å². The van der Waals surface area contributed by atoms with Crippen molar-refractivity contribution in [2.45, 2.75) is 76.3 Å². The number of rotatable bonds is 14. The highest BCUT2D eigenvalue weighted by molar-refractivity contribution is 9.08. The second kappa shape index (κ2) is 19.4. The standard InChI is InChI=1S/C17H26O5.C14H19BrO3/c1-18-7-8-20-12-14-9-15(11-16(10-14)19-2)13-22-17-5-3-4-6-21-17;1-16-13-7-11(9-15)6-12(8-13)10-18-14-4-2-3-5-17-14/h9-11,17H,3-8,12-13H2,1-2H3;6-8,14H,2-5,9-10H2,1H3. The maximum absolute atomic E-state index is 5.83. The normalized spacial score (nSPS) is 19.0. The minimum absolute atomic E-state index is 0.0441. The highest BCUT2D eigenvalue weighted by Gasteiger charge is 2.15. The summed E-state index contributed by atoms with van der Waals surface area (Å²) in [6, 6.07) is 12.2. The quantitative estimate of drug-likeness (QED) is 0.173. The van der Waals surface area contributed by atoms with Crippen LogP contribution in [0, 0.1) is 0 Å². The Labute approximate surface area is 247 Å². The van der Waals surface area contributed by atoms with E-state index in [-0.39, 0.29) is 12.6 Å². The van der Waals surface area contributed by atoms with Crippen molar-refractivity contribution in [1.82, 2.24) is 0 Å². The third kappa shape index (κ3) is 12.4. The first-order valence-electron chi connectivity index (χ1n) is 14.1. The first-order chi connectivity index (χ1) is 19.6. The molecule has 2 atom stereocenters. The summed E-state index contributed by atoms with van der Waals surface area (Å²) in [6.45, 7) is 4.41. The minimum Gasteiger partial charge on any atom is -0.497 e. The van der Waals surface area contributed by atoms with Gasteiger partial charge in [0.2, 0.25) is 0 Å². The third-order valence-corrected chi connectivity index (χ3v) is 7.17. The zero-order valence-electron chi connectivity index (χ0n) is 24.2. The lowest BCUT2D eigenvalue weighted by atomic mass is 10.1. The number of hydrogen-bond donors (Lipinski definition) is 0. The van der Waals surface area contributed by atoms with E-state index < -0.39 is 0 Å². The molecule has 0 amide bonds. The Balaban J connectivity index is 0.000000225. The molecule has 9 heteroatoms. The van der Waals surface area contributed by atoms with Crippen LogP contribution in [0.2, 0.25) is 0 Å². The van der Waals surface area contributed by atoms with Crippen molar-refractivity contribution < 1.29 is 37.9 Å². The summed E-state index contributed by atoms with van der Waals surface area (Å²) in [4.78, 5) is 0. The Morgan fingerprint density at radius 1 is 0.650 bits per heavy atom. The van der Waals surface area contributed by atoms with E-state index in [1.165, 1.54) is 18.4 Å². The molecule has 2 aromatic rings. The maximum Gasteiger partial charge on any atom is 0.158 e. The van der Waals surface area contributed by atoms with E-state index in [0.29, 0.717) is 33.0 Å². The summed E-state index contributed by atoms with van der Waals surface area (Å²) in [7, 11) is 5.01. The van der Waals surface area contributed by atoms with Crippen molar-refractivity contribution >= 4 is 15.9 Å². The Morgan fingerprint density at radius 2 is 1.15 bits per heavy atom. The van der Waals surface area contributed by atoms with Crippen LogP contribution in [0.1, 0.15) is 60.8 Å². The number of hydrogen-bond acceptors (Lipinski definition) is 8. The van der Waals surface area contributed by atoms with Crippen molar-refractivity contribution in [3.8, 4) is 11.5 Å². The molecule has 0 radical (unpaired) electrons. The Hall–Kier alpha value is -1.72. The Morgan fingerprint density at radius 3 is 1.60 bits per heavy atom. The van der Waals surface area contributed by atoms with Gasteiger partial charge < -0.3 is 37.9 Å². The van der Waals surface area contributed by atoms with Gasteiger partial charge in [0.15, 0.2) is 12.6 Å². The number of methoxy groups -OCH3 is 3. The molecule has 2 aromatic carbocycles. The molecule has 4 rings (SSSR count). The molecule has 2 aliphatic rings. The van der Waals surface area contributed by atoms with Crippen molar-refractivity contribution in [2.75, 3.05) is 47.8 Å². The molecule has 0 aromatic heterocycles. The van der Waals surface area contributed by atoms with E-state index in [0.717, 1.165) is 72.4 Å². The lowest BCUT2D eigenvalue weighted by molar-refractivity contribution is -0.169. The predicted octanol–water partition coefficient (Wildman–Crippen LogP) is 6.53.